The largest absolute Gasteiger partial charge is 0.489 e. The molecule has 9 heteroatoms. The van der Waals surface area contributed by atoms with Crippen molar-refractivity contribution in [3.8, 4) is 11.5 Å². The molecule has 0 aliphatic rings. The maximum atomic E-state index is 12.2. The minimum Gasteiger partial charge on any atom is -0.489 e. The first-order valence-corrected chi connectivity index (χ1v) is 10.0. The van der Waals surface area contributed by atoms with Crippen LogP contribution in [0.1, 0.15) is 18.1 Å². The van der Waals surface area contributed by atoms with Gasteiger partial charge in [-0.1, -0.05) is 35.9 Å². The van der Waals surface area contributed by atoms with E-state index in [2.05, 4.69) is 10.5 Å². The highest BCUT2D eigenvalue weighted by Crippen LogP contribution is 2.26. The van der Waals surface area contributed by atoms with Crippen molar-refractivity contribution in [2.24, 2.45) is 5.10 Å². The molecule has 32 heavy (non-hydrogen) atoms. The third kappa shape index (κ3) is 6.55. The average Bonchev–Trinajstić information content (AvgIpc) is 2.79. The van der Waals surface area contributed by atoms with Gasteiger partial charge in [-0.3, -0.25) is 14.9 Å². The third-order valence-electron chi connectivity index (χ3n) is 4.32. The summed E-state index contributed by atoms with van der Waals surface area (Å²) in [7, 11) is 0. The molecule has 1 amide bonds. The molecule has 3 rings (SSSR count). The number of nitrogens with one attached hydrogen (secondary N) is 1. The maximum absolute atomic E-state index is 12.2. The number of halogens is 1. The molecule has 0 aromatic heterocycles. The van der Waals surface area contributed by atoms with Crippen LogP contribution in [0, 0.1) is 10.1 Å². The van der Waals surface area contributed by atoms with Gasteiger partial charge in [0.1, 0.15) is 12.4 Å². The number of nitro benzene ring substituents is 1. The molecule has 0 bridgehead atoms. The number of nitrogens with zero attached hydrogens (tertiary/aromatic N) is 2. The number of carbonyl (C=O) groups is 1. The highest BCUT2D eigenvalue weighted by Gasteiger charge is 2.20. The van der Waals surface area contributed by atoms with Gasteiger partial charge < -0.3 is 9.47 Å². The van der Waals surface area contributed by atoms with Crippen LogP contribution in [-0.2, 0) is 11.4 Å². The van der Waals surface area contributed by atoms with Crippen molar-refractivity contribution in [1.29, 1.82) is 0 Å². The summed E-state index contributed by atoms with van der Waals surface area (Å²) in [6.07, 6.45) is 0.496. The number of hydrogen-bond acceptors (Lipinski definition) is 6. The maximum Gasteiger partial charge on any atom is 0.310 e. The Bertz CT molecular complexity index is 1100. The predicted molar refractivity (Wildman–Crippen MR) is 121 cm³/mol. The average molecular weight is 454 g/mol. The number of hydrazone groups is 1. The molecular formula is C23H20ClN3O5. The van der Waals surface area contributed by atoms with Gasteiger partial charge in [0.2, 0.25) is 0 Å². The molecule has 1 unspecified atom stereocenters. The van der Waals surface area contributed by atoms with Crippen LogP contribution in [0.5, 0.6) is 11.5 Å². The smallest absolute Gasteiger partial charge is 0.310 e. The van der Waals surface area contributed by atoms with E-state index in [9.17, 15) is 14.9 Å². The molecule has 164 valence electrons. The molecule has 1 atom stereocenters. The Kier molecular flexibility index (Phi) is 7.77. The Morgan fingerprint density at radius 3 is 2.50 bits per heavy atom. The molecule has 1 N–H and O–H groups in total. The van der Waals surface area contributed by atoms with E-state index >= 15 is 0 Å². The number of hydrogen-bond donors (Lipinski definition) is 1. The monoisotopic (exact) mass is 453 g/mol. The number of rotatable bonds is 9. The molecule has 0 aliphatic carbocycles. The van der Waals surface area contributed by atoms with Gasteiger partial charge in [0, 0.05) is 11.1 Å². The van der Waals surface area contributed by atoms with Crippen molar-refractivity contribution < 1.29 is 19.2 Å². The summed E-state index contributed by atoms with van der Waals surface area (Å²) in [6.45, 7) is 1.90. The number of ether oxygens (including phenoxy) is 2. The third-order valence-corrected chi connectivity index (χ3v) is 4.57. The number of nitro groups is 1. The molecule has 0 heterocycles. The lowest BCUT2D eigenvalue weighted by atomic mass is 10.2. The number of carbonyl (C=O) groups excluding carboxylic acids is 1. The Morgan fingerprint density at radius 1 is 1.12 bits per heavy atom. The van der Waals surface area contributed by atoms with Crippen molar-refractivity contribution in [3.05, 3.63) is 99.1 Å². The SMILES string of the molecule is CC(Oc1ccccc1[N+](=O)[O-])C(=O)N/N=C/c1ccc(OCc2ccc(Cl)cc2)cc1. The van der Waals surface area contributed by atoms with E-state index in [0.717, 1.165) is 11.1 Å². The number of para-hydroxylation sites is 2. The number of amides is 1. The van der Waals surface area contributed by atoms with E-state index in [0.29, 0.717) is 17.4 Å². The molecule has 3 aromatic rings. The summed E-state index contributed by atoms with van der Waals surface area (Å²) in [6, 6.07) is 20.4. The predicted octanol–water partition coefficient (Wildman–Crippen LogP) is 4.74. The van der Waals surface area contributed by atoms with Crippen molar-refractivity contribution in [2.75, 3.05) is 0 Å². The lowest BCUT2D eigenvalue weighted by Gasteiger charge is -2.12. The Balaban J connectivity index is 1.49. The van der Waals surface area contributed by atoms with E-state index in [1.807, 2.05) is 12.1 Å². The quantitative estimate of drug-likeness (QED) is 0.286. The molecule has 0 fully saturated rings. The normalized spacial score (nSPS) is 11.7. The standard InChI is InChI=1S/C23H20ClN3O5/c1-16(32-22-5-3-2-4-21(22)27(29)30)23(28)26-25-14-17-8-12-20(13-9-17)31-15-18-6-10-19(24)11-7-18/h2-14,16H,15H2,1H3,(H,26,28)/b25-14+. The van der Waals surface area contributed by atoms with Crippen molar-refractivity contribution >= 4 is 29.4 Å². The van der Waals surface area contributed by atoms with Crippen LogP contribution < -0.4 is 14.9 Å². The van der Waals surface area contributed by atoms with E-state index < -0.39 is 16.9 Å². The fourth-order valence-electron chi connectivity index (χ4n) is 2.61. The second-order valence-corrected chi connectivity index (χ2v) is 7.14. The topological polar surface area (TPSA) is 103 Å². The van der Waals surface area contributed by atoms with Crippen LogP contribution in [0.15, 0.2) is 77.9 Å². The minimum atomic E-state index is -0.975. The summed E-state index contributed by atoms with van der Waals surface area (Å²) in [5.74, 6) is 0.160. The van der Waals surface area contributed by atoms with Gasteiger partial charge in [-0.15, -0.1) is 0 Å². The van der Waals surface area contributed by atoms with Gasteiger partial charge in [0.05, 0.1) is 11.1 Å². The molecular weight excluding hydrogens is 434 g/mol. The molecule has 0 saturated carbocycles. The van der Waals surface area contributed by atoms with E-state index in [1.54, 1.807) is 42.5 Å². The van der Waals surface area contributed by atoms with Crippen LogP contribution in [-0.4, -0.2) is 23.1 Å². The van der Waals surface area contributed by atoms with Crippen molar-refractivity contribution in [1.82, 2.24) is 5.43 Å². The first kappa shape index (κ1) is 22.8. The van der Waals surface area contributed by atoms with Gasteiger partial charge in [0.15, 0.2) is 11.9 Å². The van der Waals surface area contributed by atoms with E-state index in [-0.39, 0.29) is 11.4 Å². The number of benzene rings is 3. The minimum absolute atomic E-state index is 0.0123. The highest BCUT2D eigenvalue weighted by atomic mass is 35.5. The fraction of sp³-hybridized carbons (Fsp3) is 0.130. The molecule has 3 aromatic carbocycles. The van der Waals surface area contributed by atoms with Crippen LogP contribution >= 0.6 is 11.6 Å². The van der Waals surface area contributed by atoms with E-state index in [4.69, 9.17) is 21.1 Å². The second-order valence-electron chi connectivity index (χ2n) is 6.70. The van der Waals surface area contributed by atoms with Crippen LogP contribution in [0.4, 0.5) is 5.69 Å². The molecule has 0 radical (unpaired) electrons. The van der Waals surface area contributed by atoms with Crippen LogP contribution in [0.3, 0.4) is 0 Å². The van der Waals surface area contributed by atoms with Crippen molar-refractivity contribution in [3.63, 3.8) is 0 Å². The van der Waals surface area contributed by atoms with Crippen molar-refractivity contribution in [2.45, 2.75) is 19.6 Å². The zero-order chi connectivity index (χ0) is 22.9. The van der Waals surface area contributed by atoms with E-state index in [1.165, 1.54) is 31.3 Å². The van der Waals surface area contributed by atoms with Gasteiger partial charge in [-0.2, -0.15) is 5.10 Å². The molecule has 8 nitrogen and oxygen atoms in total. The van der Waals surface area contributed by atoms with Gasteiger partial charge in [-0.25, -0.2) is 5.43 Å². The summed E-state index contributed by atoms with van der Waals surface area (Å²) < 4.78 is 11.1. The summed E-state index contributed by atoms with van der Waals surface area (Å²) in [4.78, 5) is 22.6. The summed E-state index contributed by atoms with van der Waals surface area (Å²) in [5, 5.41) is 15.6. The lowest BCUT2D eigenvalue weighted by molar-refractivity contribution is -0.386. The van der Waals surface area contributed by atoms with Gasteiger partial charge >= 0.3 is 5.69 Å². The van der Waals surface area contributed by atoms with Crippen LogP contribution in [0.2, 0.25) is 5.02 Å². The summed E-state index contributed by atoms with van der Waals surface area (Å²) >= 11 is 5.87. The first-order valence-electron chi connectivity index (χ1n) is 9.62. The summed E-state index contributed by atoms with van der Waals surface area (Å²) in [5.41, 5.74) is 3.89. The Labute approximate surface area is 189 Å². The fourth-order valence-corrected chi connectivity index (χ4v) is 2.74. The highest BCUT2D eigenvalue weighted by molar-refractivity contribution is 6.30. The molecule has 0 saturated heterocycles. The van der Waals surface area contributed by atoms with Gasteiger partial charge in [-0.05, 0) is 60.5 Å². The first-order chi connectivity index (χ1) is 15.4. The zero-order valence-electron chi connectivity index (χ0n) is 17.1. The lowest BCUT2D eigenvalue weighted by Crippen LogP contribution is -2.33. The molecule has 0 spiro atoms. The van der Waals surface area contributed by atoms with Gasteiger partial charge in [0.25, 0.3) is 5.91 Å². The van der Waals surface area contributed by atoms with Crippen LogP contribution in [0.25, 0.3) is 0 Å². The molecule has 0 aliphatic heterocycles. The Morgan fingerprint density at radius 2 is 1.81 bits per heavy atom. The zero-order valence-corrected chi connectivity index (χ0v) is 17.9. The Hall–Kier alpha value is -3.91. The second kappa shape index (κ2) is 10.9.